The van der Waals surface area contributed by atoms with Gasteiger partial charge in [0.05, 0.1) is 0 Å². The Labute approximate surface area is 73.9 Å². The van der Waals surface area contributed by atoms with Gasteiger partial charge < -0.3 is 10.6 Å². The molecule has 1 saturated heterocycles. The Morgan fingerprint density at radius 2 is 2.42 bits per heavy atom. The molecule has 1 amide bonds. The van der Waals surface area contributed by atoms with Crippen molar-refractivity contribution < 1.29 is 4.79 Å². The molecule has 0 bridgehead atoms. The number of nitrogens with one attached hydrogen (secondary N) is 2. The minimum atomic E-state index is 0.0748. The lowest BCUT2D eigenvalue weighted by Crippen LogP contribution is -2.37. The van der Waals surface area contributed by atoms with Gasteiger partial charge in [0.15, 0.2) is 0 Å². The van der Waals surface area contributed by atoms with Gasteiger partial charge in [0, 0.05) is 19.5 Å². The van der Waals surface area contributed by atoms with E-state index in [1.807, 2.05) is 0 Å². The van der Waals surface area contributed by atoms with Gasteiger partial charge in [-0.1, -0.05) is 6.42 Å². The van der Waals surface area contributed by atoms with Crippen molar-refractivity contribution in [2.45, 2.75) is 38.6 Å². The number of piperidine rings is 1. The van der Waals surface area contributed by atoms with Crippen molar-refractivity contribution in [2.75, 3.05) is 13.1 Å². The molecule has 1 atom stereocenters. The van der Waals surface area contributed by atoms with Crippen LogP contribution in [-0.4, -0.2) is 25.0 Å². The molecule has 0 radical (unpaired) electrons. The second-order valence-electron chi connectivity index (χ2n) is 3.42. The van der Waals surface area contributed by atoms with Gasteiger partial charge in [0.1, 0.15) is 0 Å². The Morgan fingerprint density at radius 1 is 1.58 bits per heavy atom. The zero-order valence-electron chi connectivity index (χ0n) is 7.73. The van der Waals surface area contributed by atoms with Gasteiger partial charge in [-0.05, 0) is 25.8 Å². The number of rotatable bonds is 3. The summed E-state index contributed by atoms with van der Waals surface area (Å²) in [5.74, 6) is 0.0748. The van der Waals surface area contributed by atoms with E-state index in [1.165, 1.54) is 19.3 Å². The lowest BCUT2D eigenvalue weighted by atomic mass is 10.0. The molecule has 2 N–H and O–H groups in total. The first kappa shape index (κ1) is 9.52. The molecule has 0 unspecified atom stereocenters. The summed E-state index contributed by atoms with van der Waals surface area (Å²) in [4.78, 5) is 10.6. The molecule has 1 aliphatic heterocycles. The Balaban J connectivity index is 2.01. The third kappa shape index (κ3) is 3.72. The topological polar surface area (TPSA) is 41.1 Å². The SMILES string of the molecule is CC(=O)NCC[C@H]1CCCCN1. The monoisotopic (exact) mass is 170 g/mol. The van der Waals surface area contributed by atoms with Crippen LogP contribution in [-0.2, 0) is 4.79 Å². The Bertz CT molecular complexity index is 141. The third-order valence-corrected chi connectivity index (χ3v) is 2.28. The molecule has 3 heteroatoms. The highest BCUT2D eigenvalue weighted by Gasteiger charge is 2.11. The molecule has 70 valence electrons. The van der Waals surface area contributed by atoms with Gasteiger partial charge in [0.2, 0.25) is 5.91 Å². The second kappa shape index (κ2) is 5.14. The summed E-state index contributed by atoms with van der Waals surface area (Å²) >= 11 is 0. The first-order chi connectivity index (χ1) is 5.79. The summed E-state index contributed by atoms with van der Waals surface area (Å²) in [6.45, 7) is 3.52. The summed E-state index contributed by atoms with van der Waals surface area (Å²) in [6.07, 6.45) is 4.97. The van der Waals surface area contributed by atoms with Crippen LogP contribution in [0, 0.1) is 0 Å². The normalized spacial score (nSPS) is 23.6. The van der Waals surface area contributed by atoms with Crippen LogP contribution in [0.3, 0.4) is 0 Å². The van der Waals surface area contributed by atoms with E-state index < -0.39 is 0 Å². The van der Waals surface area contributed by atoms with E-state index in [-0.39, 0.29) is 5.91 Å². The second-order valence-corrected chi connectivity index (χ2v) is 3.42. The first-order valence-electron chi connectivity index (χ1n) is 4.77. The molecule has 0 spiro atoms. The van der Waals surface area contributed by atoms with Crippen molar-refractivity contribution in [3.63, 3.8) is 0 Å². The molecule has 0 aliphatic carbocycles. The van der Waals surface area contributed by atoms with Gasteiger partial charge >= 0.3 is 0 Å². The summed E-state index contributed by atoms with van der Waals surface area (Å²) < 4.78 is 0. The Kier molecular flexibility index (Phi) is 4.08. The van der Waals surface area contributed by atoms with Crippen molar-refractivity contribution in [3.8, 4) is 0 Å². The molecular weight excluding hydrogens is 152 g/mol. The van der Waals surface area contributed by atoms with E-state index >= 15 is 0 Å². The maximum atomic E-state index is 10.6. The maximum absolute atomic E-state index is 10.6. The minimum Gasteiger partial charge on any atom is -0.356 e. The fraction of sp³-hybridized carbons (Fsp3) is 0.889. The molecule has 0 aromatic rings. The highest BCUT2D eigenvalue weighted by atomic mass is 16.1. The molecule has 1 aliphatic rings. The molecular formula is C9H18N2O. The van der Waals surface area contributed by atoms with Crippen LogP contribution in [0.15, 0.2) is 0 Å². The molecule has 3 nitrogen and oxygen atoms in total. The maximum Gasteiger partial charge on any atom is 0.216 e. The van der Waals surface area contributed by atoms with Crippen molar-refractivity contribution in [2.24, 2.45) is 0 Å². The largest absolute Gasteiger partial charge is 0.356 e. The van der Waals surface area contributed by atoms with Crippen LogP contribution in [0.5, 0.6) is 0 Å². The van der Waals surface area contributed by atoms with Crippen molar-refractivity contribution in [1.82, 2.24) is 10.6 Å². The molecule has 1 fully saturated rings. The number of hydrogen-bond donors (Lipinski definition) is 2. The molecule has 0 saturated carbocycles. The van der Waals surface area contributed by atoms with E-state index in [1.54, 1.807) is 6.92 Å². The lowest BCUT2D eigenvalue weighted by molar-refractivity contribution is -0.118. The van der Waals surface area contributed by atoms with Gasteiger partial charge in [0.25, 0.3) is 0 Å². The predicted molar refractivity (Wildman–Crippen MR) is 48.9 cm³/mol. The van der Waals surface area contributed by atoms with E-state index in [4.69, 9.17) is 0 Å². The smallest absolute Gasteiger partial charge is 0.216 e. The van der Waals surface area contributed by atoms with Crippen LogP contribution < -0.4 is 10.6 Å². The van der Waals surface area contributed by atoms with Gasteiger partial charge in [-0.25, -0.2) is 0 Å². The lowest BCUT2D eigenvalue weighted by Gasteiger charge is -2.23. The van der Waals surface area contributed by atoms with Gasteiger partial charge in [-0.2, -0.15) is 0 Å². The van der Waals surface area contributed by atoms with Crippen LogP contribution in [0.2, 0.25) is 0 Å². The van der Waals surface area contributed by atoms with Gasteiger partial charge in [-0.3, -0.25) is 4.79 Å². The average molecular weight is 170 g/mol. The summed E-state index contributed by atoms with van der Waals surface area (Å²) in [5, 5.41) is 6.26. The van der Waals surface area contributed by atoms with E-state index in [9.17, 15) is 4.79 Å². The number of carbonyl (C=O) groups is 1. The fourth-order valence-electron chi connectivity index (χ4n) is 1.59. The molecule has 1 rings (SSSR count). The Hall–Kier alpha value is -0.570. The molecule has 0 aromatic carbocycles. The molecule has 1 heterocycles. The minimum absolute atomic E-state index is 0.0748. The standard InChI is InChI=1S/C9H18N2O/c1-8(12)10-7-5-9-4-2-3-6-11-9/h9,11H,2-7H2,1H3,(H,10,12)/t9-/m1/s1. The average Bonchev–Trinajstić information content (AvgIpc) is 2.05. The van der Waals surface area contributed by atoms with Crippen molar-refractivity contribution >= 4 is 5.91 Å². The van der Waals surface area contributed by atoms with E-state index in [0.717, 1.165) is 19.5 Å². The summed E-state index contributed by atoms with van der Waals surface area (Å²) in [6, 6.07) is 0.630. The number of carbonyl (C=O) groups excluding carboxylic acids is 1. The van der Waals surface area contributed by atoms with Crippen molar-refractivity contribution in [3.05, 3.63) is 0 Å². The van der Waals surface area contributed by atoms with E-state index in [2.05, 4.69) is 10.6 Å². The summed E-state index contributed by atoms with van der Waals surface area (Å²) in [5.41, 5.74) is 0. The quantitative estimate of drug-likeness (QED) is 0.653. The van der Waals surface area contributed by atoms with Crippen molar-refractivity contribution in [1.29, 1.82) is 0 Å². The highest BCUT2D eigenvalue weighted by Crippen LogP contribution is 2.08. The zero-order chi connectivity index (χ0) is 8.81. The third-order valence-electron chi connectivity index (χ3n) is 2.28. The number of amides is 1. The molecule has 12 heavy (non-hydrogen) atoms. The Morgan fingerprint density at radius 3 is 3.00 bits per heavy atom. The van der Waals surface area contributed by atoms with Gasteiger partial charge in [-0.15, -0.1) is 0 Å². The van der Waals surface area contributed by atoms with E-state index in [0.29, 0.717) is 6.04 Å². The van der Waals surface area contributed by atoms with Crippen LogP contribution in [0.1, 0.15) is 32.6 Å². The zero-order valence-corrected chi connectivity index (χ0v) is 7.73. The number of hydrogen-bond acceptors (Lipinski definition) is 2. The van der Waals surface area contributed by atoms with Crippen LogP contribution in [0.4, 0.5) is 0 Å². The predicted octanol–water partition coefficient (Wildman–Crippen LogP) is 0.655. The van der Waals surface area contributed by atoms with Crippen LogP contribution >= 0.6 is 0 Å². The first-order valence-corrected chi connectivity index (χ1v) is 4.77. The summed E-state index contributed by atoms with van der Waals surface area (Å²) in [7, 11) is 0. The highest BCUT2D eigenvalue weighted by molar-refractivity contribution is 5.72. The molecule has 0 aromatic heterocycles. The fourth-order valence-corrected chi connectivity index (χ4v) is 1.59. The van der Waals surface area contributed by atoms with Crippen LogP contribution in [0.25, 0.3) is 0 Å².